The summed E-state index contributed by atoms with van der Waals surface area (Å²) < 4.78 is 5.57. The number of aromatic nitrogens is 2. The molecule has 0 amide bonds. The van der Waals surface area contributed by atoms with Gasteiger partial charge in [0, 0.05) is 23.4 Å². The molecule has 0 aliphatic heterocycles. The van der Waals surface area contributed by atoms with Crippen molar-refractivity contribution >= 4 is 23.3 Å². The van der Waals surface area contributed by atoms with Crippen molar-refractivity contribution in [1.82, 2.24) is 9.97 Å². The third-order valence-corrected chi connectivity index (χ3v) is 4.00. The van der Waals surface area contributed by atoms with Gasteiger partial charge in [0.15, 0.2) is 5.82 Å². The fraction of sp³-hybridized carbons (Fsp3) is 0.0556. The minimum Gasteiger partial charge on any atom is -0.477 e. The summed E-state index contributed by atoms with van der Waals surface area (Å²) in [5.74, 6) is -1.19. The lowest BCUT2D eigenvalue weighted by Gasteiger charge is -2.10. The third kappa shape index (κ3) is 3.85. The van der Waals surface area contributed by atoms with E-state index in [1.807, 2.05) is 0 Å². The van der Waals surface area contributed by atoms with Gasteiger partial charge in [0.25, 0.3) is 5.69 Å². The highest BCUT2D eigenvalue weighted by molar-refractivity contribution is 6.32. The number of halogens is 1. The molecule has 2 aromatic carbocycles. The number of nitro benzene ring substituents is 1. The molecule has 0 spiro atoms. The number of carboxylic acids is 1. The number of ether oxygens (including phenoxy) is 1. The van der Waals surface area contributed by atoms with Crippen LogP contribution in [-0.4, -0.2) is 26.0 Å². The molecule has 0 bridgehead atoms. The summed E-state index contributed by atoms with van der Waals surface area (Å²) in [6.45, 7) is 1.61. The average molecular weight is 386 g/mol. The second-order valence-electron chi connectivity index (χ2n) is 5.51. The van der Waals surface area contributed by atoms with Crippen molar-refractivity contribution in [3.63, 3.8) is 0 Å². The largest absolute Gasteiger partial charge is 0.477 e. The number of rotatable bonds is 5. The summed E-state index contributed by atoms with van der Waals surface area (Å²) in [5, 5.41) is 20.8. The minimum absolute atomic E-state index is 0.0881. The number of nitro groups is 1. The molecule has 0 aliphatic rings. The van der Waals surface area contributed by atoms with E-state index in [0.29, 0.717) is 11.1 Å². The summed E-state index contributed by atoms with van der Waals surface area (Å²) >= 11 is 6.05. The normalized spacial score (nSPS) is 10.4. The van der Waals surface area contributed by atoms with Crippen LogP contribution in [0.15, 0.2) is 48.7 Å². The highest BCUT2D eigenvalue weighted by Crippen LogP contribution is 2.31. The molecule has 9 heteroatoms. The molecular weight excluding hydrogens is 374 g/mol. The Balaban J connectivity index is 2.09. The SMILES string of the molecule is Cc1ccc(-c2ncc(C(=O)O)c(Oc3ccccc3Cl)n2)cc1[N+](=O)[O-]. The Bertz CT molecular complexity index is 1050. The van der Waals surface area contributed by atoms with E-state index in [-0.39, 0.29) is 33.7 Å². The molecule has 0 atom stereocenters. The van der Waals surface area contributed by atoms with Crippen LogP contribution in [0.5, 0.6) is 11.6 Å². The Labute approximate surface area is 158 Å². The van der Waals surface area contributed by atoms with Crippen LogP contribution in [0.2, 0.25) is 5.02 Å². The molecule has 1 aromatic heterocycles. The molecule has 3 aromatic rings. The van der Waals surface area contributed by atoms with Crippen molar-refractivity contribution in [2.45, 2.75) is 6.92 Å². The van der Waals surface area contributed by atoms with E-state index in [4.69, 9.17) is 16.3 Å². The molecule has 3 rings (SSSR count). The zero-order chi connectivity index (χ0) is 19.6. The molecule has 0 unspecified atom stereocenters. The molecule has 0 aliphatic carbocycles. The van der Waals surface area contributed by atoms with Gasteiger partial charge < -0.3 is 9.84 Å². The smallest absolute Gasteiger partial charge is 0.342 e. The highest BCUT2D eigenvalue weighted by atomic mass is 35.5. The van der Waals surface area contributed by atoms with Crippen molar-refractivity contribution in [1.29, 1.82) is 0 Å². The van der Waals surface area contributed by atoms with Crippen molar-refractivity contribution < 1.29 is 19.6 Å². The van der Waals surface area contributed by atoms with Crippen LogP contribution in [0.1, 0.15) is 15.9 Å². The highest BCUT2D eigenvalue weighted by Gasteiger charge is 2.19. The van der Waals surface area contributed by atoms with Crippen molar-refractivity contribution in [2.75, 3.05) is 0 Å². The minimum atomic E-state index is -1.28. The van der Waals surface area contributed by atoms with Crippen LogP contribution in [-0.2, 0) is 0 Å². The van der Waals surface area contributed by atoms with Crippen LogP contribution in [0.3, 0.4) is 0 Å². The van der Waals surface area contributed by atoms with Crippen LogP contribution >= 0.6 is 11.6 Å². The average Bonchev–Trinajstić information content (AvgIpc) is 2.63. The van der Waals surface area contributed by atoms with Gasteiger partial charge in [-0.3, -0.25) is 10.1 Å². The van der Waals surface area contributed by atoms with Gasteiger partial charge in [-0.05, 0) is 19.1 Å². The number of hydrogen-bond acceptors (Lipinski definition) is 6. The quantitative estimate of drug-likeness (QED) is 0.507. The molecule has 0 radical (unpaired) electrons. The van der Waals surface area contributed by atoms with Crippen LogP contribution in [0, 0.1) is 17.0 Å². The number of carbonyl (C=O) groups is 1. The monoisotopic (exact) mass is 385 g/mol. The number of aryl methyl sites for hydroxylation is 1. The first-order valence-electron chi connectivity index (χ1n) is 7.65. The summed E-state index contributed by atoms with van der Waals surface area (Å²) in [6, 6.07) is 11.0. The third-order valence-electron chi connectivity index (χ3n) is 3.69. The molecular formula is C18H12ClN3O5. The number of nitrogens with zero attached hydrogens (tertiary/aromatic N) is 3. The van der Waals surface area contributed by atoms with Gasteiger partial charge in [-0.2, -0.15) is 4.98 Å². The topological polar surface area (TPSA) is 115 Å². The van der Waals surface area contributed by atoms with Crippen LogP contribution in [0.4, 0.5) is 5.69 Å². The number of hydrogen-bond donors (Lipinski definition) is 1. The standard InChI is InChI=1S/C18H12ClN3O5/c1-10-6-7-11(8-14(10)22(25)26)16-20-9-12(18(23)24)17(21-16)27-15-5-3-2-4-13(15)19/h2-9H,1H3,(H,23,24). The maximum atomic E-state index is 11.5. The van der Waals surface area contributed by atoms with E-state index >= 15 is 0 Å². The predicted molar refractivity (Wildman–Crippen MR) is 97.3 cm³/mol. The lowest BCUT2D eigenvalue weighted by atomic mass is 10.1. The summed E-state index contributed by atoms with van der Waals surface area (Å²) in [7, 11) is 0. The molecule has 0 saturated carbocycles. The predicted octanol–water partition coefficient (Wildman–Crippen LogP) is 4.50. The van der Waals surface area contributed by atoms with Crippen molar-refractivity contribution in [3.8, 4) is 23.0 Å². The lowest BCUT2D eigenvalue weighted by molar-refractivity contribution is -0.385. The molecule has 0 fully saturated rings. The maximum absolute atomic E-state index is 11.5. The summed E-state index contributed by atoms with van der Waals surface area (Å²) in [5.41, 5.74) is 0.485. The van der Waals surface area contributed by atoms with Gasteiger partial charge in [-0.1, -0.05) is 35.9 Å². The zero-order valence-corrected chi connectivity index (χ0v) is 14.7. The number of aromatic carboxylic acids is 1. The second kappa shape index (κ2) is 7.38. The molecule has 27 heavy (non-hydrogen) atoms. The van der Waals surface area contributed by atoms with E-state index in [9.17, 15) is 20.0 Å². The summed E-state index contributed by atoms with van der Waals surface area (Å²) in [4.78, 5) is 30.2. The Morgan fingerprint density at radius 3 is 2.67 bits per heavy atom. The molecule has 8 nitrogen and oxygen atoms in total. The summed E-state index contributed by atoms with van der Waals surface area (Å²) in [6.07, 6.45) is 1.09. The van der Waals surface area contributed by atoms with Gasteiger partial charge in [-0.15, -0.1) is 0 Å². The van der Waals surface area contributed by atoms with Gasteiger partial charge in [0.2, 0.25) is 5.88 Å². The van der Waals surface area contributed by atoms with Gasteiger partial charge in [0.05, 0.1) is 9.95 Å². The maximum Gasteiger partial charge on any atom is 0.342 e. The van der Waals surface area contributed by atoms with E-state index < -0.39 is 10.9 Å². The second-order valence-corrected chi connectivity index (χ2v) is 5.92. The molecule has 0 saturated heterocycles. The Hall–Kier alpha value is -3.52. The van der Waals surface area contributed by atoms with Crippen molar-refractivity contribution in [2.24, 2.45) is 0 Å². The molecule has 1 heterocycles. The number of para-hydroxylation sites is 1. The Morgan fingerprint density at radius 2 is 2.00 bits per heavy atom. The zero-order valence-electron chi connectivity index (χ0n) is 13.9. The fourth-order valence-electron chi connectivity index (χ4n) is 2.31. The lowest BCUT2D eigenvalue weighted by Crippen LogP contribution is -2.05. The van der Waals surface area contributed by atoms with E-state index in [1.54, 1.807) is 43.3 Å². The number of benzene rings is 2. The Kier molecular flexibility index (Phi) is 5.00. The number of carboxylic acid groups (broad SMARTS) is 1. The van der Waals surface area contributed by atoms with E-state index in [1.165, 1.54) is 6.07 Å². The first-order valence-corrected chi connectivity index (χ1v) is 8.02. The van der Waals surface area contributed by atoms with Gasteiger partial charge >= 0.3 is 5.97 Å². The fourth-order valence-corrected chi connectivity index (χ4v) is 2.48. The first-order chi connectivity index (χ1) is 12.9. The van der Waals surface area contributed by atoms with Gasteiger partial charge in [0.1, 0.15) is 11.3 Å². The molecule has 136 valence electrons. The van der Waals surface area contributed by atoms with Crippen LogP contribution in [0.25, 0.3) is 11.4 Å². The van der Waals surface area contributed by atoms with E-state index in [2.05, 4.69) is 9.97 Å². The van der Waals surface area contributed by atoms with Crippen molar-refractivity contribution in [3.05, 3.63) is 74.9 Å². The Morgan fingerprint density at radius 1 is 1.26 bits per heavy atom. The molecule has 1 N–H and O–H groups in total. The van der Waals surface area contributed by atoms with Crippen LogP contribution < -0.4 is 4.74 Å². The van der Waals surface area contributed by atoms with E-state index in [0.717, 1.165) is 6.20 Å². The first kappa shape index (κ1) is 18.3. The van der Waals surface area contributed by atoms with Gasteiger partial charge in [-0.25, -0.2) is 9.78 Å².